The van der Waals surface area contributed by atoms with Gasteiger partial charge in [0, 0.05) is 0 Å². The number of aryl methyl sites for hydroxylation is 12. The van der Waals surface area contributed by atoms with Crippen molar-refractivity contribution in [2.75, 3.05) is 0 Å². The Balaban J connectivity index is 0.976. The van der Waals surface area contributed by atoms with Gasteiger partial charge in [0.1, 0.15) is 0 Å². The molecule has 0 saturated heterocycles. The summed E-state index contributed by atoms with van der Waals surface area (Å²) in [4.78, 5) is -4.21. The topological polar surface area (TPSA) is 130 Å². The van der Waals surface area contributed by atoms with Gasteiger partial charge in [-0.15, -0.1) is 0 Å². The molecule has 11 aromatic carbocycles. The Bertz CT molecular complexity index is 5370. The molecule has 0 heterocycles. The van der Waals surface area contributed by atoms with Crippen LogP contribution in [0, 0.1) is 177 Å². The molecule has 0 aromatic heterocycles. The van der Waals surface area contributed by atoms with Gasteiger partial charge in [-0.05, 0) is 83.1 Å². The Hall–Kier alpha value is -7.77. The van der Waals surface area contributed by atoms with Crippen molar-refractivity contribution in [3.05, 3.63) is 307 Å². The van der Waals surface area contributed by atoms with Crippen LogP contribution in [-0.4, -0.2) is 25.3 Å². The van der Waals surface area contributed by atoms with Gasteiger partial charge in [0.25, 0.3) is 0 Å². The molecular weight excluding hydrogens is 1720 g/mol. The molecule has 0 radical (unpaired) electrons. The van der Waals surface area contributed by atoms with Crippen LogP contribution in [-0.2, 0) is 40.1 Å². The molecule has 0 fully saturated rings. The first kappa shape index (κ1) is 83.2. The van der Waals surface area contributed by atoms with Gasteiger partial charge in [0.15, 0.2) is 56.3 Å². The predicted molar refractivity (Wildman–Crippen MR) is 396 cm³/mol. The predicted octanol–water partition coefficient (Wildman–Crippen LogP) is 23.8. The van der Waals surface area contributed by atoms with Gasteiger partial charge in [-0.3, -0.25) is 0 Å². The molecule has 0 bridgehead atoms. The first-order chi connectivity index (χ1) is 51.4. The standard InChI is InChI=1S/C78H60F15IO9S7/c1-37-29-41(5)72(42(6)30-37)106(73-43(7)31-38(2)32-44(73)8,102-109(97,98)77-68(90)62(84)58(80)63(85)69(77)91)55-25-21-53(22-26-55)104-51-17-13-49(14-18-51)94(101-108(95,96)76-66(88)60(82)57(79)61(83)67(76)89)50-15-19-52(20-16-50)105-54-23-27-56(28-24-54)107(74-45(9)33-39(3)34-46(74)10,75-47(11)35-40(4)36-48(75)12)103-110(99,100)78-70(92)64(86)59(81)65(87)71(78)93/h13-36H,1-12H3. The minimum Gasteiger partial charge on any atom is -0.0552 e. The molecule has 580 valence electrons. The Labute approximate surface area is 644 Å². The number of halogens is 16. The van der Waals surface area contributed by atoms with Crippen molar-refractivity contribution in [2.24, 2.45) is 0 Å². The van der Waals surface area contributed by atoms with Crippen LogP contribution in [0.5, 0.6) is 0 Å². The van der Waals surface area contributed by atoms with Gasteiger partial charge >= 0.3 is 367 Å². The third-order valence-electron chi connectivity index (χ3n) is 17.2. The van der Waals surface area contributed by atoms with Crippen LogP contribution in [0.2, 0.25) is 0 Å². The summed E-state index contributed by atoms with van der Waals surface area (Å²) < 4.78 is 332. The average molecular weight is 1780 g/mol. The third kappa shape index (κ3) is 15.2. The van der Waals surface area contributed by atoms with E-state index in [1.54, 1.807) is 132 Å². The van der Waals surface area contributed by atoms with Crippen LogP contribution in [0.1, 0.15) is 66.8 Å². The molecular formula is C78H60F15IO9S7. The molecule has 0 N–H and O–H groups in total. The Morgan fingerprint density at radius 3 is 0.636 bits per heavy atom. The molecule has 9 nitrogen and oxygen atoms in total. The summed E-state index contributed by atoms with van der Waals surface area (Å²) in [7, 11) is -25.7. The van der Waals surface area contributed by atoms with Crippen molar-refractivity contribution in [3.63, 3.8) is 0 Å². The van der Waals surface area contributed by atoms with Crippen LogP contribution in [0.15, 0.2) is 209 Å². The molecule has 32 heteroatoms. The van der Waals surface area contributed by atoms with E-state index < -0.39 is 173 Å². The summed E-state index contributed by atoms with van der Waals surface area (Å²) >= 11 is -2.14. The SMILES string of the molecule is Cc1cc(C)c(S(OS(=O)(=O)c2c(F)c(F)c(F)c(F)c2F)(c2ccc(Sc3ccc(I(OS(=O)(=O)c4c(F)c(F)c(F)c(F)c4F)c4ccc(Sc5ccc(S(OS(=O)(=O)c6c(F)c(F)c(F)c(F)c6F)(c6c(C)cc(C)cc6C)c6c(C)cc(C)cc6C)cc5)cc4)cc3)cc2)c2c(C)cc(C)cc2C)c(C)c1. The summed E-state index contributed by atoms with van der Waals surface area (Å²) in [5, 5.41) is 0. The van der Waals surface area contributed by atoms with Crippen molar-refractivity contribution in [1.82, 2.24) is 0 Å². The average Bonchev–Trinajstić information content (AvgIpc) is 0.716. The van der Waals surface area contributed by atoms with Crippen molar-refractivity contribution in [1.29, 1.82) is 0 Å². The van der Waals surface area contributed by atoms with Crippen molar-refractivity contribution >= 4 is 94.7 Å². The Morgan fingerprint density at radius 2 is 0.427 bits per heavy atom. The number of rotatable bonds is 21. The van der Waals surface area contributed by atoms with Crippen molar-refractivity contribution < 1.29 is 101 Å². The molecule has 0 atom stereocenters. The van der Waals surface area contributed by atoms with Gasteiger partial charge in [0.2, 0.25) is 11.6 Å². The van der Waals surface area contributed by atoms with Crippen molar-refractivity contribution in [2.45, 2.75) is 147 Å². The molecule has 0 unspecified atom stereocenters. The minimum absolute atomic E-state index is 0.0547. The Kier molecular flexibility index (Phi) is 23.7. The van der Waals surface area contributed by atoms with E-state index in [1.165, 1.54) is 97.1 Å². The molecule has 0 amide bonds. The number of hydrogen-bond acceptors (Lipinski definition) is 11. The molecule has 0 aliphatic carbocycles. The molecule has 0 aliphatic heterocycles. The zero-order valence-corrected chi connectivity index (χ0v) is 67.3. The molecule has 0 saturated carbocycles. The van der Waals surface area contributed by atoms with Crippen molar-refractivity contribution in [3.8, 4) is 0 Å². The fourth-order valence-electron chi connectivity index (χ4n) is 13.3. The normalized spacial score (nSPS) is 12.8. The summed E-state index contributed by atoms with van der Waals surface area (Å²) in [6.07, 6.45) is 0. The molecule has 0 spiro atoms. The van der Waals surface area contributed by atoms with Gasteiger partial charge in [-0.2, -0.15) is 16.8 Å². The number of hydrogen-bond donors (Lipinski definition) is 0. The molecule has 110 heavy (non-hydrogen) atoms. The van der Waals surface area contributed by atoms with E-state index in [2.05, 4.69) is 0 Å². The van der Waals surface area contributed by atoms with E-state index in [9.17, 15) is 64.8 Å². The monoisotopic (exact) mass is 1780 g/mol. The maximum absolute atomic E-state index is 15.7. The minimum atomic E-state index is -6.01. The second kappa shape index (κ2) is 31.3. The van der Waals surface area contributed by atoms with E-state index in [-0.39, 0.29) is 36.5 Å². The van der Waals surface area contributed by atoms with Gasteiger partial charge in [-0.1, -0.05) is 70.8 Å². The maximum atomic E-state index is 15.7. The quantitative estimate of drug-likeness (QED) is 0.0295. The van der Waals surface area contributed by atoms with E-state index in [4.69, 9.17) is 9.77 Å². The van der Waals surface area contributed by atoms with Crippen LogP contribution >= 0.6 is 64.4 Å². The number of benzene rings is 11. The van der Waals surface area contributed by atoms with Gasteiger partial charge < -0.3 is 0 Å². The summed E-state index contributed by atoms with van der Waals surface area (Å²) in [5.41, 5.74) is 6.17. The summed E-state index contributed by atoms with van der Waals surface area (Å²) in [6, 6.07) is 36.8. The van der Waals surface area contributed by atoms with Gasteiger partial charge in [0.05, 0.1) is 0 Å². The van der Waals surface area contributed by atoms with Crippen LogP contribution in [0.25, 0.3) is 0 Å². The molecule has 0 aliphatic rings. The van der Waals surface area contributed by atoms with Crippen LogP contribution < -0.4 is 0 Å². The van der Waals surface area contributed by atoms with E-state index in [0.717, 1.165) is 23.5 Å². The third-order valence-corrected chi connectivity index (χ3v) is 38.1. The first-order valence-corrected chi connectivity index (χ1v) is 44.3. The Morgan fingerprint density at radius 1 is 0.245 bits per heavy atom. The van der Waals surface area contributed by atoms with E-state index >= 15 is 26.3 Å². The fourth-order valence-corrected chi connectivity index (χ4v) is 34.1. The van der Waals surface area contributed by atoms with E-state index in [0.29, 0.717) is 86.3 Å². The smallest absolute Gasteiger partial charge is 0.0552 e. The zero-order valence-electron chi connectivity index (χ0n) is 59.4. The first-order valence-electron chi connectivity index (χ1n) is 32.3. The second-order valence-electron chi connectivity index (χ2n) is 25.6. The zero-order chi connectivity index (χ0) is 80.8. The van der Waals surface area contributed by atoms with E-state index in [1.807, 2.05) is 0 Å². The summed E-state index contributed by atoms with van der Waals surface area (Å²) in [5.74, 6) is -39.3. The molecule has 11 rings (SSSR count). The summed E-state index contributed by atoms with van der Waals surface area (Å²) in [6.45, 7) is 20.1. The van der Waals surface area contributed by atoms with Gasteiger partial charge in [-0.25, -0.2) is 43.9 Å². The fraction of sp³-hybridized carbons (Fsp3) is 0.154. The van der Waals surface area contributed by atoms with Crippen LogP contribution in [0.4, 0.5) is 65.9 Å². The van der Waals surface area contributed by atoms with Crippen LogP contribution in [0.3, 0.4) is 0 Å². The second-order valence-corrected chi connectivity index (χ2v) is 42.8. The molecule has 11 aromatic rings.